The molecule has 3 N–H and O–H groups in total. The van der Waals surface area contributed by atoms with Gasteiger partial charge in [-0.05, 0) is 12.1 Å². The Morgan fingerprint density at radius 1 is 1.31 bits per heavy atom. The summed E-state index contributed by atoms with van der Waals surface area (Å²) in [5, 5.41) is 7.37. The molecule has 90 valence electrons. The number of hydrogen-bond acceptors (Lipinski definition) is 3. The van der Waals surface area contributed by atoms with Gasteiger partial charge in [0.1, 0.15) is 11.6 Å². The number of nitrogen functional groups attached to an aromatic ring is 1. The van der Waals surface area contributed by atoms with Crippen LogP contribution in [0.25, 0.3) is 0 Å². The largest absolute Gasteiger partial charge is 0.493 e. The number of nitrogens with two attached hydrogens (primary N) is 1. The van der Waals surface area contributed by atoms with Crippen LogP contribution in [0, 0.1) is 5.41 Å². The van der Waals surface area contributed by atoms with Crippen LogP contribution in [-0.4, -0.2) is 26.2 Å². The molecule has 0 saturated carbocycles. The summed E-state index contributed by atoms with van der Waals surface area (Å²) in [6.07, 6.45) is 0.822. The maximum absolute atomic E-state index is 7.37. The standard InChI is InChI=1S/C11H16N2O2.ClH/c1-14-7-4-8-15-10-6-3-2-5-9(10)11(12)13;/h2-3,5-6H,4,7-8H2,1H3,(H3,12,13);1H. The third-order valence-corrected chi connectivity index (χ3v) is 1.93. The van der Waals surface area contributed by atoms with Gasteiger partial charge in [0.2, 0.25) is 0 Å². The molecule has 5 heteroatoms. The number of amidine groups is 1. The van der Waals surface area contributed by atoms with Gasteiger partial charge in [0.15, 0.2) is 0 Å². The number of benzene rings is 1. The Hall–Kier alpha value is -1.26. The van der Waals surface area contributed by atoms with E-state index in [1.54, 1.807) is 13.2 Å². The number of rotatable bonds is 6. The Morgan fingerprint density at radius 3 is 2.62 bits per heavy atom. The summed E-state index contributed by atoms with van der Waals surface area (Å²) >= 11 is 0. The molecular weight excluding hydrogens is 228 g/mol. The van der Waals surface area contributed by atoms with E-state index < -0.39 is 0 Å². The molecule has 1 aromatic carbocycles. The first-order valence-corrected chi connectivity index (χ1v) is 4.81. The molecule has 0 saturated heterocycles. The molecule has 0 heterocycles. The van der Waals surface area contributed by atoms with Gasteiger partial charge in [0, 0.05) is 20.1 Å². The van der Waals surface area contributed by atoms with Gasteiger partial charge < -0.3 is 15.2 Å². The van der Waals surface area contributed by atoms with Crippen LogP contribution in [-0.2, 0) is 4.74 Å². The highest BCUT2D eigenvalue weighted by atomic mass is 35.5. The van der Waals surface area contributed by atoms with Gasteiger partial charge in [-0.25, -0.2) is 0 Å². The number of nitrogens with one attached hydrogen (secondary N) is 1. The summed E-state index contributed by atoms with van der Waals surface area (Å²) in [6, 6.07) is 7.27. The first-order valence-electron chi connectivity index (χ1n) is 4.81. The molecule has 1 aromatic rings. The summed E-state index contributed by atoms with van der Waals surface area (Å²) in [4.78, 5) is 0. The van der Waals surface area contributed by atoms with E-state index in [1.807, 2.05) is 18.2 Å². The Labute approximate surface area is 102 Å². The first kappa shape index (κ1) is 14.7. The summed E-state index contributed by atoms with van der Waals surface area (Å²) in [7, 11) is 1.66. The molecule has 16 heavy (non-hydrogen) atoms. The molecule has 0 aliphatic rings. The second kappa shape index (κ2) is 7.96. The highest BCUT2D eigenvalue weighted by Gasteiger charge is 2.04. The summed E-state index contributed by atoms with van der Waals surface area (Å²) < 4.78 is 10.4. The molecule has 0 aromatic heterocycles. The average Bonchev–Trinajstić information content (AvgIpc) is 2.25. The van der Waals surface area contributed by atoms with Crippen molar-refractivity contribution in [1.29, 1.82) is 5.41 Å². The quantitative estimate of drug-likeness (QED) is 0.456. The van der Waals surface area contributed by atoms with Crippen molar-refractivity contribution in [2.24, 2.45) is 5.73 Å². The zero-order valence-corrected chi connectivity index (χ0v) is 10.0. The fourth-order valence-corrected chi connectivity index (χ4v) is 1.20. The molecule has 0 atom stereocenters. The van der Waals surface area contributed by atoms with Crippen molar-refractivity contribution in [3.05, 3.63) is 29.8 Å². The van der Waals surface area contributed by atoms with Crippen molar-refractivity contribution < 1.29 is 9.47 Å². The van der Waals surface area contributed by atoms with Crippen LogP contribution in [0.1, 0.15) is 12.0 Å². The minimum atomic E-state index is 0. The number of ether oxygens (including phenoxy) is 2. The molecule has 0 aliphatic heterocycles. The van der Waals surface area contributed by atoms with Crippen molar-refractivity contribution in [3.8, 4) is 5.75 Å². The highest BCUT2D eigenvalue weighted by Crippen LogP contribution is 2.17. The second-order valence-corrected chi connectivity index (χ2v) is 3.10. The van der Waals surface area contributed by atoms with Crippen LogP contribution in [0.5, 0.6) is 5.75 Å². The van der Waals surface area contributed by atoms with E-state index in [4.69, 9.17) is 20.6 Å². The summed E-state index contributed by atoms with van der Waals surface area (Å²) in [5.74, 6) is 0.679. The number of halogens is 1. The number of para-hydroxylation sites is 1. The summed E-state index contributed by atoms with van der Waals surface area (Å²) in [6.45, 7) is 1.24. The van der Waals surface area contributed by atoms with Crippen LogP contribution in [0.2, 0.25) is 0 Å². The van der Waals surface area contributed by atoms with E-state index in [0.29, 0.717) is 24.5 Å². The van der Waals surface area contributed by atoms with Gasteiger partial charge in [0.25, 0.3) is 0 Å². The minimum Gasteiger partial charge on any atom is -0.493 e. The van der Waals surface area contributed by atoms with Crippen molar-refractivity contribution in [2.45, 2.75) is 6.42 Å². The lowest BCUT2D eigenvalue weighted by molar-refractivity contribution is 0.172. The second-order valence-electron chi connectivity index (χ2n) is 3.10. The third-order valence-electron chi connectivity index (χ3n) is 1.93. The predicted octanol–water partition coefficient (Wildman–Crippen LogP) is 1.81. The Kier molecular flexibility index (Phi) is 7.33. The van der Waals surface area contributed by atoms with Crippen molar-refractivity contribution >= 4 is 18.2 Å². The molecule has 0 bridgehead atoms. The van der Waals surface area contributed by atoms with Crippen molar-refractivity contribution in [2.75, 3.05) is 20.3 Å². The van der Waals surface area contributed by atoms with Gasteiger partial charge in [-0.3, -0.25) is 5.41 Å². The average molecular weight is 245 g/mol. The fourth-order valence-electron chi connectivity index (χ4n) is 1.20. The van der Waals surface area contributed by atoms with Crippen LogP contribution < -0.4 is 10.5 Å². The normalized spacial score (nSPS) is 9.31. The van der Waals surface area contributed by atoms with E-state index in [9.17, 15) is 0 Å². The van der Waals surface area contributed by atoms with Crippen molar-refractivity contribution in [3.63, 3.8) is 0 Å². The maximum atomic E-state index is 7.37. The minimum absolute atomic E-state index is 0. The van der Waals surface area contributed by atoms with Crippen LogP contribution >= 0.6 is 12.4 Å². The van der Waals surface area contributed by atoms with E-state index in [0.717, 1.165) is 6.42 Å². The zero-order valence-electron chi connectivity index (χ0n) is 9.23. The van der Waals surface area contributed by atoms with E-state index >= 15 is 0 Å². The van der Waals surface area contributed by atoms with Gasteiger partial charge in [-0.2, -0.15) is 0 Å². The van der Waals surface area contributed by atoms with Crippen molar-refractivity contribution in [1.82, 2.24) is 0 Å². The maximum Gasteiger partial charge on any atom is 0.130 e. The molecule has 0 amide bonds. The van der Waals surface area contributed by atoms with Crippen LogP contribution in [0.4, 0.5) is 0 Å². The van der Waals surface area contributed by atoms with E-state index in [1.165, 1.54) is 0 Å². The number of hydrogen-bond donors (Lipinski definition) is 2. The van der Waals surface area contributed by atoms with Gasteiger partial charge in [0.05, 0.1) is 12.2 Å². The summed E-state index contributed by atoms with van der Waals surface area (Å²) in [5.41, 5.74) is 6.06. The third kappa shape index (κ3) is 4.51. The smallest absolute Gasteiger partial charge is 0.130 e. The molecule has 0 unspecified atom stereocenters. The lowest BCUT2D eigenvalue weighted by atomic mass is 10.2. The topological polar surface area (TPSA) is 68.3 Å². The molecule has 4 nitrogen and oxygen atoms in total. The molecule has 1 rings (SSSR count). The van der Waals surface area contributed by atoms with Crippen LogP contribution in [0.15, 0.2) is 24.3 Å². The van der Waals surface area contributed by atoms with Crippen LogP contribution in [0.3, 0.4) is 0 Å². The Balaban J connectivity index is 0.00000225. The van der Waals surface area contributed by atoms with Gasteiger partial charge in [-0.15, -0.1) is 12.4 Å². The molecule has 0 radical (unpaired) electrons. The Morgan fingerprint density at radius 2 is 2.00 bits per heavy atom. The molecule has 0 fully saturated rings. The monoisotopic (exact) mass is 244 g/mol. The predicted molar refractivity (Wildman–Crippen MR) is 66.7 cm³/mol. The molecule has 0 aliphatic carbocycles. The van der Waals surface area contributed by atoms with E-state index in [2.05, 4.69) is 0 Å². The lowest BCUT2D eigenvalue weighted by Gasteiger charge is -2.09. The molecule has 0 spiro atoms. The van der Waals surface area contributed by atoms with E-state index in [-0.39, 0.29) is 18.2 Å². The lowest BCUT2D eigenvalue weighted by Crippen LogP contribution is -2.13. The zero-order chi connectivity index (χ0) is 11.1. The number of methoxy groups -OCH3 is 1. The first-order chi connectivity index (χ1) is 7.25. The SMILES string of the molecule is COCCCOc1ccccc1C(=N)N.Cl. The van der Waals surface area contributed by atoms with Gasteiger partial charge >= 0.3 is 0 Å². The fraction of sp³-hybridized carbons (Fsp3) is 0.364. The Bertz CT molecular complexity index is 332. The van der Waals surface area contributed by atoms with Gasteiger partial charge in [-0.1, -0.05) is 12.1 Å². The molecular formula is C11H17ClN2O2. The highest BCUT2D eigenvalue weighted by molar-refractivity contribution is 5.97.